The number of carbonyl (C=O) groups is 1. The first kappa shape index (κ1) is 10.6. The molecular weight excluding hydrogens is 230 g/mol. The molecule has 5 nitrogen and oxygen atoms in total. The van der Waals surface area contributed by atoms with Gasteiger partial charge in [0, 0.05) is 6.20 Å². The second kappa shape index (κ2) is 4.32. The molecule has 0 aromatic carbocycles. The van der Waals surface area contributed by atoms with Crippen molar-refractivity contribution in [1.82, 2.24) is 9.38 Å². The van der Waals surface area contributed by atoms with Crippen molar-refractivity contribution in [2.24, 2.45) is 0 Å². The lowest BCUT2D eigenvalue weighted by atomic mass is 10.4. The summed E-state index contributed by atoms with van der Waals surface area (Å²) < 4.78 is 1.35. The van der Waals surface area contributed by atoms with Crippen LogP contribution in [0.4, 0.5) is 5.69 Å². The highest BCUT2D eigenvalue weighted by atomic mass is 35.5. The number of alkyl halides is 1. The molecule has 2 heterocycles. The van der Waals surface area contributed by atoms with Crippen LogP contribution in [0.1, 0.15) is 0 Å². The Labute approximate surface area is 95.7 Å². The summed E-state index contributed by atoms with van der Waals surface area (Å²) >= 11 is 5.33. The van der Waals surface area contributed by atoms with E-state index in [0.29, 0.717) is 5.65 Å². The van der Waals surface area contributed by atoms with Crippen LogP contribution in [0.3, 0.4) is 0 Å². The van der Waals surface area contributed by atoms with Gasteiger partial charge < -0.3 is 5.32 Å². The van der Waals surface area contributed by atoms with E-state index in [2.05, 4.69) is 10.3 Å². The molecule has 0 unspecified atom stereocenters. The molecule has 16 heavy (non-hydrogen) atoms. The van der Waals surface area contributed by atoms with Crippen LogP contribution in [0, 0.1) is 0 Å². The molecule has 2 aromatic heterocycles. The van der Waals surface area contributed by atoms with Gasteiger partial charge in [-0.15, -0.1) is 11.6 Å². The van der Waals surface area contributed by atoms with Crippen molar-refractivity contribution in [3.63, 3.8) is 0 Å². The van der Waals surface area contributed by atoms with Gasteiger partial charge in [0.1, 0.15) is 17.2 Å². The Kier molecular flexibility index (Phi) is 2.87. The van der Waals surface area contributed by atoms with E-state index in [1.54, 1.807) is 24.4 Å². The number of nitrogens with one attached hydrogen (secondary N) is 1. The number of anilines is 1. The lowest BCUT2D eigenvalue weighted by Crippen LogP contribution is -2.23. The molecule has 1 amide bonds. The van der Waals surface area contributed by atoms with Gasteiger partial charge in [0.15, 0.2) is 0 Å². The number of hydrogen-bond donors (Lipinski definition) is 1. The van der Waals surface area contributed by atoms with Crippen LogP contribution >= 0.6 is 11.6 Å². The molecule has 0 aliphatic heterocycles. The first-order valence-corrected chi connectivity index (χ1v) is 5.08. The van der Waals surface area contributed by atoms with Gasteiger partial charge in [-0.05, 0) is 12.1 Å². The SMILES string of the molecule is O=C(CCl)Nc1cnc2ccccn2c1=O. The molecule has 0 saturated heterocycles. The van der Waals surface area contributed by atoms with Crippen LogP contribution in [-0.4, -0.2) is 21.2 Å². The lowest BCUT2D eigenvalue weighted by molar-refractivity contribution is -0.113. The highest BCUT2D eigenvalue weighted by Crippen LogP contribution is 2.01. The normalized spacial score (nSPS) is 10.3. The minimum Gasteiger partial charge on any atom is -0.319 e. The largest absolute Gasteiger partial charge is 0.319 e. The van der Waals surface area contributed by atoms with E-state index >= 15 is 0 Å². The number of halogens is 1. The fourth-order valence-corrected chi connectivity index (χ4v) is 1.36. The van der Waals surface area contributed by atoms with Crippen molar-refractivity contribution in [3.8, 4) is 0 Å². The van der Waals surface area contributed by atoms with Crippen LogP contribution in [0.25, 0.3) is 5.65 Å². The molecule has 0 fully saturated rings. The third-order valence-electron chi connectivity index (χ3n) is 2.01. The van der Waals surface area contributed by atoms with Crippen LogP contribution in [0.15, 0.2) is 35.4 Å². The van der Waals surface area contributed by atoms with Gasteiger partial charge >= 0.3 is 0 Å². The summed E-state index contributed by atoms with van der Waals surface area (Å²) in [4.78, 5) is 26.9. The minimum absolute atomic E-state index is 0.120. The maximum Gasteiger partial charge on any atom is 0.281 e. The highest BCUT2D eigenvalue weighted by molar-refractivity contribution is 6.29. The van der Waals surface area contributed by atoms with E-state index in [-0.39, 0.29) is 17.1 Å². The second-order valence-electron chi connectivity index (χ2n) is 3.09. The molecule has 2 aromatic rings. The zero-order valence-electron chi connectivity index (χ0n) is 8.18. The lowest BCUT2D eigenvalue weighted by Gasteiger charge is -2.04. The molecule has 6 heteroatoms. The molecule has 0 aliphatic rings. The van der Waals surface area contributed by atoms with Crippen LogP contribution < -0.4 is 10.9 Å². The topological polar surface area (TPSA) is 63.5 Å². The summed E-state index contributed by atoms with van der Waals surface area (Å²) in [7, 11) is 0. The predicted octanol–water partition coefficient (Wildman–Crippen LogP) is 0.872. The average Bonchev–Trinajstić information content (AvgIpc) is 2.33. The predicted molar refractivity (Wildman–Crippen MR) is 60.8 cm³/mol. The van der Waals surface area contributed by atoms with Crippen LogP contribution in [0.2, 0.25) is 0 Å². The van der Waals surface area contributed by atoms with Crippen molar-refractivity contribution < 1.29 is 4.79 Å². The fourth-order valence-electron chi connectivity index (χ4n) is 1.30. The number of hydrogen-bond acceptors (Lipinski definition) is 3. The highest BCUT2D eigenvalue weighted by Gasteiger charge is 2.06. The van der Waals surface area contributed by atoms with Gasteiger partial charge in [0.05, 0.1) is 6.20 Å². The maximum atomic E-state index is 11.8. The quantitative estimate of drug-likeness (QED) is 0.789. The van der Waals surface area contributed by atoms with Gasteiger partial charge in [-0.2, -0.15) is 0 Å². The minimum atomic E-state index is -0.434. The van der Waals surface area contributed by atoms with Crippen LogP contribution in [0.5, 0.6) is 0 Å². The third kappa shape index (κ3) is 1.90. The van der Waals surface area contributed by atoms with Crippen molar-refractivity contribution in [2.75, 3.05) is 11.2 Å². The van der Waals surface area contributed by atoms with Gasteiger partial charge in [0.25, 0.3) is 5.56 Å². The Morgan fingerprint density at radius 1 is 1.50 bits per heavy atom. The number of aromatic nitrogens is 2. The van der Waals surface area contributed by atoms with Gasteiger partial charge in [0.2, 0.25) is 5.91 Å². The Morgan fingerprint density at radius 3 is 3.06 bits per heavy atom. The molecule has 1 N–H and O–H groups in total. The monoisotopic (exact) mass is 237 g/mol. The molecule has 0 saturated carbocycles. The summed E-state index contributed by atoms with van der Waals surface area (Å²) in [5.41, 5.74) is 0.315. The zero-order valence-corrected chi connectivity index (χ0v) is 8.94. The molecule has 2 rings (SSSR count). The molecule has 0 bridgehead atoms. The van der Waals surface area contributed by atoms with E-state index in [4.69, 9.17) is 11.6 Å². The molecule has 0 spiro atoms. The van der Waals surface area contributed by atoms with Crippen molar-refractivity contribution in [1.29, 1.82) is 0 Å². The van der Waals surface area contributed by atoms with E-state index < -0.39 is 5.91 Å². The molecular formula is C10H8ClN3O2. The number of amides is 1. The van der Waals surface area contributed by atoms with Gasteiger partial charge in [-0.1, -0.05) is 6.07 Å². The van der Waals surface area contributed by atoms with Crippen LogP contribution in [-0.2, 0) is 4.79 Å². The standard InChI is InChI=1S/C10H8ClN3O2/c11-5-9(15)13-7-6-12-8-3-1-2-4-14(8)10(7)16/h1-4,6H,5H2,(H,13,15). The summed E-state index contributed by atoms with van der Waals surface area (Å²) in [5.74, 6) is -0.631. The zero-order chi connectivity index (χ0) is 11.5. The first-order chi connectivity index (χ1) is 7.72. The van der Waals surface area contributed by atoms with Crippen molar-refractivity contribution in [3.05, 3.63) is 40.9 Å². The number of carbonyl (C=O) groups excluding carboxylic acids is 1. The fraction of sp³-hybridized carbons (Fsp3) is 0.100. The number of fused-ring (bicyclic) bond motifs is 1. The Balaban J connectivity index is 2.53. The number of rotatable bonds is 2. The molecule has 0 radical (unpaired) electrons. The maximum absolute atomic E-state index is 11.8. The van der Waals surface area contributed by atoms with Crippen molar-refractivity contribution in [2.45, 2.75) is 0 Å². The number of pyridine rings is 1. The smallest absolute Gasteiger partial charge is 0.281 e. The average molecular weight is 238 g/mol. The second-order valence-corrected chi connectivity index (χ2v) is 3.35. The number of nitrogens with zero attached hydrogens (tertiary/aromatic N) is 2. The summed E-state index contributed by atoms with van der Waals surface area (Å²) in [6, 6.07) is 5.19. The molecule has 82 valence electrons. The van der Waals surface area contributed by atoms with E-state index in [1.165, 1.54) is 10.6 Å². The van der Waals surface area contributed by atoms with E-state index in [1.807, 2.05) is 0 Å². The Morgan fingerprint density at radius 2 is 2.31 bits per heavy atom. The van der Waals surface area contributed by atoms with E-state index in [0.717, 1.165) is 0 Å². The van der Waals surface area contributed by atoms with Crippen molar-refractivity contribution >= 4 is 28.8 Å². The molecule has 0 atom stereocenters. The first-order valence-electron chi connectivity index (χ1n) is 4.54. The Hall–Kier alpha value is -1.88. The summed E-state index contributed by atoms with van der Waals surface area (Å²) in [5, 5.41) is 2.39. The van der Waals surface area contributed by atoms with E-state index in [9.17, 15) is 9.59 Å². The van der Waals surface area contributed by atoms with Gasteiger partial charge in [-0.3, -0.25) is 14.0 Å². The molecule has 0 aliphatic carbocycles. The summed E-state index contributed by atoms with van der Waals surface area (Å²) in [6.45, 7) is 0. The van der Waals surface area contributed by atoms with Gasteiger partial charge in [-0.25, -0.2) is 4.98 Å². The Bertz CT molecular complexity index is 594. The summed E-state index contributed by atoms with van der Waals surface area (Å²) in [6.07, 6.45) is 2.91. The third-order valence-corrected chi connectivity index (χ3v) is 2.25.